The van der Waals surface area contributed by atoms with Gasteiger partial charge in [0.25, 0.3) is 0 Å². The van der Waals surface area contributed by atoms with Crippen LogP contribution in [0.25, 0.3) is 10.9 Å². The Morgan fingerprint density at radius 2 is 1.84 bits per heavy atom. The van der Waals surface area contributed by atoms with Gasteiger partial charge in [-0.25, -0.2) is 4.39 Å². The first kappa shape index (κ1) is 20.6. The van der Waals surface area contributed by atoms with E-state index in [1.165, 1.54) is 35.1 Å². The molecule has 1 aromatic heterocycles. The lowest BCUT2D eigenvalue weighted by atomic mass is 9.92. The van der Waals surface area contributed by atoms with E-state index in [2.05, 4.69) is 12.1 Å². The molecule has 4 N–H and O–H groups in total. The molecule has 1 aliphatic heterocycles. The summed E-state index contributed by atoms with van der Waals surface area (Å²) in [7, 11) is 0. The lowest BCUT2D eigenvalue weighted by Gasteiger charge is -2.45. The quantitative estimate of drug-likeness (QED) is 0.500. The van der Waals surface area contributed by atoms with Gasteiger partial charge in [-0.3, -0.25) is 0 Å². The van der Waals surface area contributed by atoms with Crippen molar-refractivity contribution in [2.75, 3.05) is 13.2 Å². The van der Waals surface area contributed by atoms with E-state index in [1.807, 2.05) is 12.1 Å². The molecule has 5 rings (SSSR count). The number of aromatic nitrogens is 1. The minimum atomic E-state index is -2.17. The Morgan fingerprint density at radius 1 is 1.10 bits per heavy atom. The number of halogens is 1. The molecule has 2 aromatic carbocycles. The summed E-state index contributed by atoms with van der Waals surface area (Å²) in [6, 6.07) is 12.8. The zero-order valence-corrected chi connectivity index (χ0v) is 17.0. The van der Waals surface area contributed by atoms with Crippen molar-refractivity contribution in [2.24, 2.45) is 0 Å². The molecule has 0 spiro atoms. The van der Waals surface area contributed by atoms with E-state index >= 15 is 0 Å². The predicted molar refractivity (Wildman–Crippen MR) is 112 cm³/mol. The fourth-order valence-corrected chi connectivity index (χ4v) is 4.65. The van der Waals surface area contributed by atoms with Crippen molar-refractivity contribution in [1.82, 2.24) is 4.57 Å². The largest absolute Gasteiger partial charge is 0.394 e. The second-order valence-electron chi connectivity index (χ2n) is 8.65. The molecule has 1 aliphatic carbocycles. The minimum Gasteiger partial charge on any atom is -0.394 e. The van der Waals surface area contributed by atoms with Gasteiger partial charge in [-0.1, -0.05) is 30.3 Å². The summed E-state index contributed by atoms with van der Waals surface area (Å²) in [6.45, 7) is -0.796. The van der Waals surface area contributed by atoms with Crippen molar-refractivity contribution in [3.63, 3.8) is 0 Å². The Hall–Kier alpha value is -2.29. The van der Waals surface area contributed by atoms with E-state index < -0.39 is 36.5 Å². The van der Waals surface area contributed by atoms with E-state index in [1.54, 1.807) is 12.3 Å². The molecule has 0 amide bonds. The van der Waals surface area contributed by atoms with Crippen molar-refractivity contribution >= 4 is 10.9 Å². The van der Waals surface area contributed by atoms with Crippen molar-refractivity contribution in [3.05, 3.63) is 71.2 Å². The van der Waals surface area contributed by atoms with Crippen LogP contribution in [0.15, 0.2) is 48.7 Å². The van der Waals surface area contributed by atoms with Gasteiger partial charge in [-0.15, -0.1) is 0 Å². The third kappa shape index (κ3) is 3.37. The zero-order valence-electron chi connectivity index (χ0n) is 17.0. The number of rotatable bonds is 5. The van der Waals surface area contributed by atoms with Gasteiger partial charge >= 0.3 is 0 Å². The van der Waals surface area contributed by atoms with Crippen LogP contribution in [0.2, 0.25) is 0 Å². The molecule has 0 bridgehead atoms. The predicted octanol–water partition coefficient (Wildman–Crippen LogP) is 2.01. The number of hydrogen-bond donors (Lipinski definition) is 4. The van der Waals surface area contributed by atoms with Crippen LogP contribution in [0.5, 0.6) is 0 Å². The van der Waals surface area contributed by atoms with Crippen LogP contribution in [0.1, 0.15) is 35.4 Å². The third-order valence-electron chi connectivity index (χ3n) is 6.59. The number of aliphatic hydroxyl groups excluding tert-OH is 3. The van der Waals surface area contributed by atoms with E-state index in [-0.39, 0.29) is 6.61 Å². The van der Waals surface area contributed by atoms with Crippen LogP contribution in [-0.2, 0) is 16.9 Å². The Bertz CT molecular complexity index is 1090. The van der Waals surface area contributed by atoms with Gasteiger partial charge in [0, 0.05) is 11.6 Å². The summed E-state index contributed by atoms with van der Waals surface area (Å²) in [6.07, 6.45) is 0.310. The smallest absolute Gasteiger partial charge is 0.199 e. The van der Waals surface area contributed by atoms with Crippen molar-refractivity contribution in [2.45, 2.75) is 49.2 Å². The molecule has 2 aliphatic rings. The standard InChI is InChI=1S/C24H26FNO5/c25-18-2-1-3-19-22(18)17(10-14-4-6-15(7-5-14)16-8-9-16)11-26(19)24(30)21(28)13-31-20(12-27)23(24)29/h1-7,11,16,20-21,23,27-30H,8-10,12-13H2/t20-,21+,23-,24-/m0/s1. The molecule has 7 heteroatoms. The zero-order chi connectivity index (χ0) is 21.8. The average molecular weight is 427 g/mol. The first-order chi connectivity index (χ1) is 14.9. The number of ether oxygens (including phenoxy) is 1. The molecule has 3 aromatic rings. The molecule has 2 fully saturated rings. The maximum Gasteiger partial charge on any atom is 0.199 e. The minimum absolute atomic E-state index is 0.272. The highest BCUT2D eigenvalue weighted by atomic mass is 19.1. The number of nitrogens with zero attached hydrogens (tertiary/aromatic N) is 1. The van der Waals surface area contributed by atoms with Crippen LogP contribution in [0, 0.1) is 5.82 Å². The van der Waals surface area contributed by atoms with E-state index in [0.717, 1.165) is 5.56 Å². The Kier molecular flexibility index (Phi) is 5.11. The number of hydrogen-bond acceptors (Lipinski definition) is 5. The topological polar surface area (TPSA) is 95.1 Å². The lowest BCUT2D eigenvalue weighted by Crippen LogP contribution is -2.64. The number of aliphatic hydroxyl groups is 4. The van der Waals surface area contributed by atoms with Crippen LogP contribution in [0.3, 0.4) is 0 Å². The SMILES string of the molecule is OC[C@@H]1OC[C@@H](O)[C@@](O)(n2cc(Cc3ccc(C4CC4)cc3)c3c(F)cccc32)[C@H]1O. The summed E-state index contributed by atoms with van der Waals surface area (Å²) in [4.78, 5) is 0. The fourth-order valence-electron chi connectivity index (χ4n) is 4.65. The molecule has 0 unspecified atom stereocenters. The van der Waals surface area contributed by atoms with E-state index in [4.69, 9.17) is 4.74 Å². The van der Waals surface area contributed by atoms with E-state index in [9.17, 15) is 24.8 Å². The van der Waals surface area contributed by atoms with Crippen molar-refractivity contribution in [3.8, 4) is 0 Å². The Balaban J connectivity index is 1.59. The third-order valence-corrected chi connectivity index (χ3v) is 6.59. The summed E-state index contributed by atoms with van der Waals surface area (Å²) in [5, 5.41) is 42.5. The van der Waals surface area contributed by atoms with Gasteiger partial charge < -0.3 is 29.7 Å². The average Bonchev–Trinajstić information content (AvgIpc) is 3.55. The maximum atomic E-state index is 14.9. The summed E-state index contributed by atoms with van der Waals surface area (Å²) < 4.78 is 21.4. The molecule has 2 heterocycles. The van der Waals surface area contributed by atoms with Crippen LogP contribution in [0.4, 0.5) is 4.39 Å². The molecule has 1 saturated heterocycles. The molecule has 164 valence electrons. The molecule has 4 atom stereocenters. The van der Waals surface area contributed by atoms with Crippen LogP contribution < -0.4 is 0 Å². The van der Waals surface area contributed by atoms with Gasteiger partial charge in [-0.05, 0) is 54.0 Å². The van der Waals surface area contributed by atoms with Gasteiger partial charge in [0.15, 0.2) is 5.72 Å². The molecule has 31 heavy (non-hydrogen) atoms. The normalized spacial score (nSPS) is 28.9. The van der Waals surface area contributed by atoms with Gasteiger partial charge in [0.05, 0.1) is 18.7 Å². The highest BCUT2D eigenvalue weighted by Gasteiger charge is 2.52. The summed E-state index contributed by atoms with van der Waals surface area (Å²) in [5.74, 6) is 0.206. The molecule has 1 saturated carbocycles. The second kappa shape index (κ2) is 7.69. The molecule has 0 radical (unpaired) electrons. The first-order valence-corrected chi connectivity index (χ1v) is 10.6. The molecule has 6 nitrogen and oxygen atoms in total. The highest BCUT2D eigenvalue weighted by Crippen LogP contribution is 2.40. The fraction of sp³-hybridized carbons (Fsp3) is 0.417. The lowest BCUT2D eigenvalue weighted by molar-refractivity contribution is -0.282. The van der Waals surface area contributed by atoms with Gasteiger partial charge in [0.2, 0.25) is 0 Å². The van der Waals surface area contributed by atoms with Crippen LogP contribution in [-0.4, -0.2) is 56.5 Å². The summed E-state index contributed by atoms with van der Waals surface area (Å²) in [5.41, 5.74) is 1.12. The molecular formula is C24H26FNO5. The Morgan fingerprint density at radius 3 is 2.52 bits per heavy atom. The van der Waals surface area contributed by atoms with E-state index in [0.29, 0.717) is 28.8 Å². The van der Waals surface area contributed by atoms with Crippen molar-refractivity contribution in [1.29, 1.82) is 0 Å². The van der Waals surface area contributed by atoms with Gasteiger partial charge in [0.1, 0.15) is 24.1 Å². The highest BCUT2D eigenvalue weighted by molar-refractivity contribution is 5.85. The monoisotopic (exact) mass is 427 g/mol. The summed E-state index contributed by atoms with van der Waals surface area (Å²) >= 11 is 0. The maximum absolute atomic E-state index is 14.9. The molecular weight excluding hydrogens is 401 g/mol. The number of fused-ring (bicyclic) bond motifs is 1. The van der Waals surface area contributed by atoms with Crippen molar-refractivity contribution < 1.29 is 29.6 Å². The number of benzene rings is 2. The second-order valence-corrected chi connectivity index (χ2v) is 8.65. The first-order valence-electron chi connectivity index (χ1n) is 10.6. The Labute approximate surface area is 179 Å². The van der Waals surface area contributed by atoms with Gasteiger partial charge in [-0.2, -0.15) is 0 Å². The van der Waals surface area contributed by atoms with Crippen LogP contribution >= 0.6 is 0 Å².